The second-order valence-electron chi connectivity index (χ2n) is 6.57. The van der Waals surface area contributed by atoms with Crippen molar-refractivity contribution in [2.24, 2.45) is 0 Å². The Morgan fingerprint density at radius 1 is 1.42 bits per heavy atom. The number of halogens is 1. The lowest BCUT2D eigenvalue weighted by Crippen LogP contribution is -2.48. The van der Waals surface area contributed by atoms with Gasteiger partial charge in [0.1, 0.15) is 0 Å². The highest BCUT2D eigenvalue weighted by atomic mass is 35.5. The molecule has 2 heterocycles. The Balaban J connectivity index is 1.56. The van der Waals surface area contributed by atoms with Crippen molar-refractivity contribution >= 4 is 17.5 Å². The van der Waals surface area contributed by atoms with E-state index in [0.717, 1.165) is 37.3 Å². The Hall–Kier alpha value is -1.92. The van der Waals surface area contributed by atoms with Crippen molar-refractivity contribution in [3.63, 3.8) is 0 Å². The van der Waals surface area contributed by atoms with E-state index in [-0.39, 0.29) is 11.9 Å². The normalized spacial score (nSPS) is 17.5. The highest BCUT2D eigenvalue weighted by Crippen LogP contribution is 2.25. The van der Waals surface area contributed by atoms with Crippen LogP contribution in [0.1, 0.15) is 49.5 Å². The quantitative estimate of drug-likeness (QED) is 0.803. The number of carbonyl (C=O) groups excluding carboxylic acids is 1. The van der Waals surface area contributed by atoms with Crippen LogP contribution in [0.2, 0.25) is 5.02 Å². The maximum absolute atomic E-state index is 12.8. The van der Waals surface area contributed by atoms with Crippen LogP contribution < -0.4 is 5.32 Å². The summed E-state index contributed by atoms with van der Waals surface area (Å²) in [6.45, 7) is 4.35. The molecular formula is C19H25ClN4O2. The maximum Gasteiger partial charge on any atom is 0.226 e. The Labute approximate surface area is 158 Å². The molecule has 1 amide bonds. The lowest BCUT2D eigenvalue weighted by atomic mass is 10.0. The Morgan fingerprint density at radius 3 is 3.12 bits per heavy atom. The molecule has 7 heteroatoms. The first-order chi connectivity index (χ1) is 12.7. The summed E-state index contributed by atoms with van der Waals surface area (Å²) in [6, 6.07) is 7.77. The monoisotopic (exact) mass is 376 g/mol. The molecule has 3 rings (SSSR count). The van der Waals surface area contributed by atoms with Gasteiger partial charge in [-0.3, -0.25) is 4.79 Å². The van der Waals surface area contributed by atoms with Gasteiger partial charge in [-0.2, -0.15) is 4.98 Å². The molecule has 1 aromatic heterocycles. The fraction of sp³-hybridized carbons (Fsp3) is 0.526. The van der Waals surface area contributed by atoms with Crippen molar-refractivity contribution in [2.45, 2.75) is 45.1 Å². The molecule has 26 heavy (non-hydrogen) atoms. The molecule has 1 aromatic carbocycles. The third-order valence-corrected chi connectivity index (χ3v) is 4.80. The molecule has 0 aliphatic carbocycles. The fourth-order valence-corrected chi connectivity index (χ4v) is 3.46. The zero-order valence-electron chi connectivity index (χ0n) is 15.1. The van der Waals surface area contributed by atoms with Gasteiger partial charge in [0, 0.05) is 43.9 Å². The second-order valence-corrected chi connectivity index (χ2v) is 7.01. The summed E-state index contributed by atoms with van der Waals surface area (Å²) >= 11 is 6.12. The number of hydrogen-bond donors (Lipinski definition) is 1. The summed E-state index contributed by atoms with van der Waals surface area (Å²) in [5.74, 6) is 1.52. The zero-order valence-corrected chi connectivity index (χ0v) is 15.8. The van der Waals surface area contributed by atoms with Gasteiger partial charge in [0.05, 0.1) is 6.04 Å². The smallest absolute Gasteiger partial charge is 0.226 e. The predicted molar refractivity (Wildman–Crippen MR) is 100 cm³/mol. The first-order valence-electron chi connectivity index (χ1n) is 9.24. The SMILES string of the molecule is CCCc1noc(CCCC(=O)N2CCNCC2c2cccc(Cl)c2)n1. The number of nitrogens with zero attached hydrogens (tertiary/aromatic N) is 3. The van der Waals surface area contributed by atoms with Crippen LogP contribution in [0.5, 0.6) is 0 Å². The van der Waals surface area contributed by atoms with Gasteiger partial charge in [-0.1, -0.05) is 35.8 Å². The van der Waals surface area contributed by atoms with Gasteiger partial charge >= 0.3 is 0 Å². The second kappa shape index (κ2) is 9.14. The average molecular weight is 377 g/mol. The van der Waals surface area contributed by atoms with E-state index < -0.39 is 0 Å². The molecule has 1 N–H and O–H groups in total. The summed E-state index contributed by atoms with van der Waals surface area (Å²) in [6.07, 6.45) is 3.63. The van der Waals surface area contributed by atoms with Crippen LogP contribution in [-0.4, -0.2) is 40.6 Å². The van der Waals surface area contributed by atoms with Crippen molar-refractivity contribution < 1.29 is 9.32 Å². The predicted octanol–water partition coefficient (Wildman–Crippen LogP) is 3.17. The van der Waals surface area contributed by atoms with Crippen LogP contribution in [0.25, 0.3) is 0 Å². The average Bonchev–Trinajstić information content (AvgIpc) is 3.09. The summed E-state index contributed by atoms with van der Waals surface area (Å²) < 4.78 is 5.24. The van der Waals surface area contributed by atoms with E-state index in [1.165, 1.54) is 0 Å². The number of aromatic nitrogens is 2. The number of carbonyl (C=O) groups is 1. The first-order valence-corrected chi connectivity index (χ1v) is 9.62. The molecular weight excluding hydrogens is 352 g/mol. The summed E-state index contributed by atoms with van der Waals surface area (Å²) in [5, 5.41) is 8.01. The number of nitrogens with one attached hydrogen (secondary N) is 1. The third kappa shape index (κ3) is 4.83. The van der Waals surface area contributed by atoms with Crippen LogP contribution in [0, 0.1) is 0 Å². The maximum atomic E-state index is 12.8. The number of hydrogen-bond acceptors (Lipinski definition) is 5. The highest BCUT2D eigenvalue weighted by Gasteiger charge is 2.27. The molecule has 140 valence electrons. The van der Waals surface area contributed by atoms with Crippen molar-refractivity contribution in [2.75, 3.05) is 19.6 Å². The molecule has 6 nitrogen and oxygen atoms in total. The molecule has 1 aliphatic rings. The third-order valence-electron chi connectivity index (χ3n) is 4.56. The molecule has 0 spiro atoms. The van der Waals surface area contributed by atoms with Crippen molar-refractivity contribution in [1.29, 1.82) is 0 Å². The number of rotatable bonds is 7. The molecule has 2 aromatic rings. The van der Waals surface area contributed by atoms with Gasteiger partial charge in [0.2, 0.25) is 11.8 Å². The summed E-state index contributed by atoms with van der Waals surface area (Å²) in [7, 11) is 0. The van der Waals surface area contributed by atoms with Crippen LogP contribution in [0.4, 0.5) is 0 Å². The van der Waals surface area contributed by atoms with Gasteiger partial charge in [-0.05, 0) is 30.5 Å². The molecule has 1 fully saturated rings. The van der Waals surface area contributed by atoms with Gasteiger partial charge in [-0.15, -0.1) is 0 Å². The minimum Gasteiger partial charge on any atom is -0.339 e. The molecule has 0 bridgehead atoms. The minimum atomic E-state index is 0.0227. The van der Waals surface area contributed by atoms with E-state index >= 15 is 0 Å². The Morgan fingerprint density at radius 2 is 2.31 bits per heavy atom. The van der Waals surface area contributed by atoms with E-state index in [4.69, 9.17) is 16.1 Å². The first kappa shape index (κ1) is 18.9. The number of benzene rings is 1. The molecule has 1 aliphatic heterocycles. The highest BCUT2D eigenvalue weighted by molar-refractivity contribution is 6.30. The lowest BCUT2D eigenvalue weighted by molar-refractivity contribution is -0.134. The zero-order chi connectivity index (χ0) is 18.4. The van der Waals surface area contributed by atoms with Crippen molar-refractivity contribution in [3.8, 4) is 0 Å². The molecule has 0 radical (unpaired) electrons. The van der Waals surface area contributed by atoms with E-state index in [0.29, 0.717) is 36.7 Å². The van der Waals surface area contributed by atoms with Gasteiger partial charge in [0.15, 0.2) is 5.82 Å². The topological polar surface area (TPSA) is 71.3 Å². The summed E-state index contributed by atoms with van der Waals surface area (Å²) in [5.41, 5.74) is 1.07. The largest absolute Gasteiger partial charge is 0.339 e. The van der Waals surface area contributed by atoms with Crippen LogP contribution in [0.15, 0.2) is 28.8 Å². The van der Waals surface area contributed by atoms with E-state index in [2.05, 4.69) is 22.4 Å². The molecule has 1 unspecified atom stereocenters. The van der Waals surface area contributed by atoms with Crippen molar-refractivity contribution in [3.05, 3.63) is 46.6 Å². The van der Waals surface area contributed by atoms with Crippen LogP contribution in [-0.2, 0) is 17.6 Å². The molecule has 1 saturated heterocycles. The lowest BCUT2D eigenvalue weighted by Gasteiger charge is -2.36. The van der Waals surface area contributed by atoms with Gasteiger partial charge < -0.3 is 14.7 Å². The fourth-order valence-electron chi connectivity index (χ4n) is 3.27. The molecule has 0 saturated carbocycles. The summed E-state index contributed by atoms with van der Waals surface area (Å²) in [4.78, 5) is 19.1. The van der Waals surface area contributed by atoms with E-state index in [1.807, 2.05) is 29.2 Å². The standard InChI is InChI=1S/C19H25ClN4O2/c1-2-5-17-22-18(26-23-17)8-4-9-19(25)24-11-10-21-13-16(24)14-6-3-7-15(20)12-14/h3,6-7,12,16,21H,2,4-5,8-11,13H2,1H3. The van der Waals surface area contributed by atoms with Gasteiger partial charge in [-0.25, -0.2) is 0 Å². The number of amides is 1. The van der Waals surface area contributed by atoms with Crippen LogP contribution >= 0.6 is 11.6 Å². The molecule has 1 atom stereocenters. The number of piperazine rings is 1. The minimum absolute atomic E-state index is 0.0227. The van der Waals surface area contributed by atoms with Crippen LogP contribution in [0.3, 0.4) is 0 Å². The number of aryl methyl sites for hydroxylation is 2. The van der Waals surface area contributed by atoms with E-state index in [1.54, 1.807) is 0 Å². The Bertz CT molecular complexity index is 734. The van der Waals surface area contributed by atoms with E-state index in [9.17, 15) is 4.79 Å². The van der Waals surface area contributed by atoms with Crippen molar-refractivity contribution in [1.82, 2.24) is 20.4 Å². The van der Waals surface area contributed by atoms with Gasteiger partial charge in [0.25, 0.3) is 0 Å². The Kier molecular flexibility index (Phi) is 6.63.